The largest absolute Gasteiger partial charge is 0.485 e. The fourth-order valence-corrected chi connectivity index (χ4v) is 9.84. The number of hydrogen-bond donors (Lipinski definition) is 0. The molecule has 0 unspecified atom stereocenters. The highest BCUT2D eigenvalue weighted by Gasteiger charge is 2.43. The summed E-state index contributed by atoms with van der Waals surface area (Å²) in [6.45, 7) is 7.07. The summed E-state index contributed by atoms with van der Waals surface area (Å²) >= 11 is 3.49. The van der Waals surface area contributed by atoms with Gasteiger partial charge in [0.1, 0.15) is 26.4 Å². The second-order valence-electron chi connectivity index (χ2n) is 13.5. The third-order valence-corrected chi connectivity index (χ3v) is 12.4. The third-order valence-electron chi connectivity index (χ3n) is 10.4. The van der Waals surface area contributed by atoms with E-state index in [1.54, 1.807) is 22.7 Å². The normalized spacial score (nSPS) is 15.4. The lowest BCUT2D eigenvalue weighted by Crippen LogP contribution is -2.25. The fourth-order valence-electron chi connectivity index (χ4n) is 7.98. The van der Waals surface area contributed by atoms with Crippen LogP contribution in [-0.4, -0.2) is 26.4 Å². The van der Waals surface area contributed by atoms with Gasteiger partial charge in [-0.2, -0.15) is 0 Å². The van der Waals surface area contributed by atoms with Gasteiger partial charge < -0.3 is 18.9 Å². The lowest BCUT2D eigenvalue weighted by molar-refractivity contribution is 0.174. The van der Waals surface area contributed by atoms with Gasteiger partial charge in [-0.25, -0.2) is 0 Å². The maximum atomic E-state index is 6.17. The van der Waals surface area contributed by atoms with Gasteiger partial charge in [-0.3, -0.25) is 0 Å². The molecule has 4 heterocycles. The maximum Gasteiger partial charge on any atom is 0.179 e. The maximum absolute atomic E-state index is 6.17. The van der Waals surface area contributed by atoms with Gasteiger partial charge in [-0.15, -0.1) is 22.7 Å². The van der Waals surface area contributed by atoms with Gasteiger partial charge in [-0.1, -0.05) is 115 Å². The molecule has 4 nitrogen and oxygen atoms in total. The topological polar surface area (TPSA) is 36.9 Å². The molecule has 7 rings (SSSR count). The molecule has 0 N–H and O–H groups in total. The monoisotopic (exact) mass is 670 g/mol. The van der Waals surface area contributed by atoms with Gasteiger partial charge in [0.05, 0.1) is 9.75 Å². The number of ether oxygens (including phenoxy) is 4. The Kier molecular flexibility index (Phi) is 10.4. The van der Waals surface area contributed by atoms with E-state index in [1.807, 2.05) is 0 Å². The van der Waals surface area contributed by atoms with Gasteiger partial charge in [0.25, 0.3) is 0 Å². The van der Waals surface area contributed by atoms with Gasteiger partial charge >= 0.3 is 0 Å². The van der Waals surface area contributed by atoms with Crippen molar-refractivity contribution in [2.75, 3.05) is 26.4 Å². The van der Waals surface area contributed by atoms with Crippen LogP contribution >= 0.6 is 22.7 Å². The van der Waals surface area contributed by atoms with Crippen LogP contribution in [0.2, 0.25) is 0 Å². The van der Waals surface area contributed by atoms with Crippen LogP contribution < -0.4 is 18.9 Å². The van der Waals surface area contributed by atoms with Crippen molar-refractivity contribution in [2.24, 2.45) is 0 Å². The molecule has 250 valence electrons. The summed E-state index contributed by atoms with van der Waals surface area (Å²) < 4.78 is 24.2. The average molecular weight is 671 g/mol. The second kappa shape index (κ2) is 15.1. The lowest BCUT2D eigenvalue weighted by atomic mass is 9.70. The first-order valence-corrected chi connectivity index (χ1v) is 20.0. The summed E-state index contributed by atoms with van der Waals surface area (Å²) in [5.41, 5.74) is 8.32. The molecular weight excluding hydrogens is 621 g/mol. The Balaban J connectivity index is 1.30. The van der Waals surface area contributed by atoms with Crippen LogP contribution in [0.15, 0.2) is 47.2 Å². The Morgan fingerprint density at radius 1 is 0.532 bits per heavy atom. The Morgan fingerprint density at radius 3 is 1.43 bits per heavy atom. The van der Waals surface area contributed by atoms with E-state index < -0.39 is 0 Å². The predicted octanol–water partition coefficient (Wildman–Crippen LogP) is 12.5. The van der Waals surface area contributed by atoms with Crippen LogP contribution in [-0.2, 0) is 5.41 Å². The van der Waals surface area contributed by atoms with E-state index in [1.165, 1.54) is 133 Å². The molecule has 0 radical (unpaired) electrons. The zero-order chi connectivity index (χ0) is 32.1. The number of hydrogen-bond acceptors (Lipinski definition) is 6. The Labute approximate surface area is 289 Å². The highest BCUT2D eigenvalue weighted by atomic mass is 32.1. The molecule has 0 atom stereocenters. The number of unbranched alkanes of at least 4 members (excludes halogenated alkanes) is 10. The molecule has 3 aliphatic rings. The molecule has 2 aliphatic heterocycles. The van der Waals surface area contributed by atoms with Gasteiger partial charge in [0.2, 0.25) is 0 Å². The van der Waals surface area contributed by atoms with Crippen molar-refractivity contribution in [1.29, 1.82) is 0 Å². The van der Waals surface area contributed by atoms with E-state index in [4.69, 9.17) is 18.9 Å². The van der Waals surface area contributed by atoms with Crippen molar-refractivity contribution in [3.8, 4) is 55.0 Å². The fraction of sp³-hybridized carbons (Fsp3) is 0.512. The third kappa shape index (κ3) is 6.57. The number of benzene rings is 2. The predicted molar refractivity (Wildman–Crippen MR) is 197 cm³/mol. The molecule has 2 aromatic heterocycles. The summed E-state index contributed by atoms with van der Waals surface area (Å²) in [6.07, 6.45) is 18.1. The Bertz CT molecular complexity index is 1530. The molecule has 0 bridgehead atoms. The minimum Gasteiger partial charge on any atom is -0.485 e. The van der Waals surface area contributed by atoms with Gasteiger partial charge in [0.15, 0.2) is 23.0 Å². The minimum atomic E-state index is -0.0183. The van der Waals surface area contributed by atoms with Gasteiger partial charge in [-0.05, 0) is 58.4 Å². The van der Waals surface area contributed by atoms with Crippen LogP contribution in [0.1, 0.15) is 115 Å². The molecule has 0 saturated carbocycles. The molecule has 1 aliphatic carbocycles. The molecule has 0 fully saturated rings. The number of thiophene rings is 2. The van der Waals surface area contributed by atoms with Crippen molar-refractivity contribution < 1.29 is 18.9 Å². The highest BCUT2D eigenvalue weighted by Crippen LogP contribution is 2.57. The van der Waals surface area contributed by atoms with E-state index in [-0.39, 0.29) is 5.41 Å². The van der Waals surface area contributed by atoms with Crippen LogP contribution in [0, 0.1) is 0 Å². The highest BCUT2D eigenvalue weighted by molar-refractivity contribution is 7.14. The van der Waals surface area contributed by atoms with Crippen LogP contribution in [0.4, 0.5) is 0 Å². The van der Waals surface area contributed by atoms with E-state index >= 15 is 0 Å². The van der Waals surface area contributed by atoms with E-state index in [0.717, 1.165) is 23.0 Å². The second-order valence-corrected chi connectivity index (χ2v) is 15.3. The van der Waals surface area contributed by atoms with Crippen LogP contribution in [0.5, 0.6) is 23.0 Å². The van der Waals surface area contributed by atoms with Crippen LogP contribution in [0.3, 0.4) is 0 Å². The molecule has 0 amide bonds. The number of fused-ring (bicyclic) bond motifs is 5. The van der Waals surface area contributed by atoms with Crippen molar-refractivity contribution in [3.63, 3.8) is 0 Å². The smallest absolute Gasteiger partial charge is 0.179 e. The molecule has 0 saturated heterocycles. The molecule has 2 aromatic carbocycles. The van der Waals surface area contributed by atoms with Gasteiger partial charge in [0, 0.05) is 16.2 Å². The summed E-state index contributed by atoms with van der Waals surface area (Å²) in [4.78, 5) is 2.38. The average Bonchev–Trinajstić information content (AvgIpc) is 3.81. The standard InChI is InChI=1S/C41H50O4S2/c1-3-5-7-9-11-13-19-41(20-14-12-10-8-6-4-2)33-25-29(39-37-35(27-46-39)42-21-23-44-37)15-17-31(33)32-18-16-30(26-34(32)41)40-38-36(28-47-40)43-22-24-45-38/h15-18,25-28H,3-14,19-24H2,1-2H3. The summed E-state index contributed by atoms with van der Waals surface area (Å²) in [6, 6.07) is 14.5. The molecule has 0 spiro atoms. The van der Waals surface area contributed by atoms with Crippen molar-refractivity contribution in [2.45, 2.75) is 109 Å². The Morgan fingerprint density at radius 2 is 0.957 bits per heavy atom. The molecular formula is C41H50O4S2. The summed E-state index contributed by atoms with van der Waals surface area (Å²) in [7, 11) is 0. The SMILES string of the molecule is CCCCCCCCC1(CCCCCCCC)c2cc(-c3scc4c3OCCO4)ccc2-c2ccc(-c3scc4c3OCCO4)cc21. The molecule has 4 aromatic rings. The first-order chi connectivity index (χ1) is 23.2. The zero-order valence-electron chi connectivity index (χ0n) is 28.3. The van der Waals surface area contributed by atoms with E-state index in [9.17, 15) is 0 Å². The minimum absolute atomic E-state index is 0.0183. The Hall–Kier alpha value is -2.96. The lowest BCUT2D eigenvalue weighted by Gasteiger charge is -2.33. The molecule has 6 heteroatoms. The van der Waals surface area contributed by atoms with Crippen molar-refractivity contribution >= 4 is 22.7 Å². The first kappa shape index (κ1) is 32.6. The molecule has 47 heavy (non-hydrogen) atoms. The quantitative estimate of drug-likeness (QED) is 0.111. The van der Waals surface area contributed by atoms with E-state index in [0.29, 0.717) is 26.4 Å². The first-order valence-electron chi connectivity index (χ1n) is 18.3. The van der Waals surface area contributed by atoms with Crippen molar-refractivity contribution in [3.05, 3.63) is 58.3 Å². The van der Waals surface area contributed by atoms with E-state index in [2.05, 4.69) is 61.0 Å². The summed E-state index contributed by atoms with van der Waals surface area (Å²) in [5.74, 6) is 3.61. The summed E-state index contributed by atoms with van der Waals surface area (Å²) in [5, 5.41) is 4.23. The number of rotatable bonds is 16. The van der Waals surface area contributed by atoms with Crippen LogP contribution in [0.25, 0.3) is 32.0 Å². The van der Waals surface area contributed by atoms with Crippen molar-refractivity contribution in [1.82, 2.24) is 0 Å². The zero-order valence-corrected chi connectivity index (χ0v) is 29.9.